The lowest BCUT2D eigenvalue weighted by Gasteiger charge is -2.10. The summed E-state index contributed by atoms with van der Waals surface area (Å²) in [5.74, 6) is 1.08. The van der Waals surface area contributed by atoms with Gasteiger partial charge in [0, 0.05) is 19.4 Å². The molecule has 8 nitrogen and oxygen atoms in total. The molecule has 0 saturated heterocycles. The van der Waals surface area contributed by atoms with Gasteiger partial charge in [-0.15, -0.1) is 0 Å². The average Bonchev–Trinajstić information content (AvgIpc) is 3.02. The van der Waals surface area contributed by atoms with Gasteiger partial charge >= 0.3 is 6.01 Å². The van der Waals surface area contributed by atoms with Crippen LogP contribution in [0.3, 0.4) is 0 Å². The lowest BCUT2D eigenvalue weighted by molar-refractivity contribution is 0.369. The monoisotopic (exact) mass is 374 g/mol. The molecule has 0 radical (unpaired) electrons. The maximum atomic E-state index is 9.17. The first-order chi connectivity index (χ1) is 13.6. The topological polar surface area (TPSA) is 110 Å². The Morgan fingerprint density at radius 1 is 0.964 bits per heavy atom. The predicted octanol–water partition coefficient (Wildman–Crippen LogP) is 3.66. The van der Waals surface area contributed by atoms with E-state index in [1.54, 1.807) is 36.3 Å². The van der Waals surface area contributed by atoms with Crippen LogP contribution in [0, 0.1) is 22.7 Å². The third kappa shape index (κ3) is 3.92. The molecule has 140 valence electrons. The molecule has 0 aliphatic heterocycles. The van der Waals surface area contributed by atoms with Crippen LogP contribution in [-0.2, 0) is 19.9 Å². The molecule has 3 aromatic rings. The maximum Gasteiger partial charge on any atom is 0.323 e. The van der Waals surface area contributed by atoms with Gasteiger partial charge in [0.1, 0.15) is 11.4 Å². The van der Waals surface area contributed by atoms with Crippen molar-refractivity contribution in [1.29, 1.82) is 10.5 Å². The fraction of sp³-hybridized carbons (Fsp3) is 0.250. The molecule has 2 aromatic heterocycles. The summed E-state index contributed by atoms with van der Waals surface area (Å²) in [6, 6.07) is 8.84. The SMILES string of the molecule is CCc1cnc(Oc2c(Oc3cc(C#N)cc(C#N)c3)c(CC)nn2C)nc1. The Labute approximate surface area is 162 Å². The molecule has 2 heterocycles. The second kappa shape index (κ2) is 8.19. The Morgan fingerprint density at radius 3 is 2.14 bits per heavy atom. The Morgan fingerprint density at radius 2 is 1.61 bits per heavy atom. The van der Waals surface area contributed by atoms with Crippen molar-refractivity contribution in [2.75, 3.05) is 0 Å². The Bertz CT molecular complexity index is 1040. The van der Waals surface area contributed by atoms with Gasteiger partial charge in [-0.2, -0.15) is 15.6 Å². The molecule has 0 amide bonds. The van der Waals surface area contributed by atoms with Crippen molar-refractivity contribution >= 4 is 0 Å². The van der Waals surface area contributed by atoms with Gasteiger partial charge in [0.2, 0.25) is 5.75 Å². The number of aromatic nitrogens is 4. The van der Waals surface area contributed by atoms with Gasteiger partial charge in [-0.3, -0.25) is 0 Å². The molecule has 0 unspecified atom stereocenters. The summed E-state index contributed by atoms with van der Waals surface area (Å²) in [6.45, 7) is 3.96. The van der Waals surface area contributed by atoms with Crippen molar-refractivity contribution in [2.24, 2.45) is 7.05 Å². The number of ether oxygens (including phenoxy) is 2. The zero-order valence-corrected chi connectivity index (χ0v) is 15.8. The number of aryl methyl sites for hydroxylation is 3. The van der Waals surface area contributed by atoms with Crippen molar-refractivity contribution in [3.05, 3.63) is 53.0 Å². The summed E-state index contributed by atoms with van der Waals surface area (Å²) in [5, 5.41) is 22.8. The zero-order chi connectivity index (χ0) is 20.1. The normalized spacial score (nSPS) is 10.2. The van der Waals surface area contributed by atoms with Crippen LogP contribution in [0.1, 0.15) is 36.2 Å². The standard InChI is InChI=1S/C20H18N6O2/c1-4-13-11-23-20(24-12-13)28-19-18(17(5-2)25-26(19)3)27-16-7-14(9-21)6-15(8-16)10-22/h6-8,11-12H,4-5H2,1-3H3. The molecule has 0 N–H and O–H groups in total. The first-order valence-electron chi connectivity index (χ1n) is 8.75. The molecule has 0 aliphatic carbocycles. The van der Waals surface area contributed by atoms with Gasteiger partial charge in [0.25, 0.3) is 5.88 Å². The summed E-state index contributed by atoms with van der Waals surface area (Å²) in [7, 11) is 1.73. The Kier molecular flexibility index (Phi) is 5.52. The molecular weight excluding hydrogens is 356 g/mol. The molecule has 8 heteroatoms. The Balaban J connectivity index is 1.99. The molecule has 0 atom stereocenters. The molecule has 0 fully saturated rings. The molecule has 3 rings (SSSR count). The molecule has 0 spiro atoms. The predicted molar refractivity (Wildman–Crippen MR) is 100 cm³/mol. The van der Waals surface area contributed by atoms with E-state index in [2.05, 4.69) is 15.1 Å². The van der Waals surface area contributed by atoms with Crippen molar-refractivity contribution in [3.63, 3.8) is 0 Å². The zero-order valence-electron chi connectivity index (χ0n) is 15.8. The van der Waals surface area contributed by atoms with E-state index in [0.717, 1.165) is 12.0 Å². The Hall–Kier alpha value is -3.91. The minimum Gasteiger partial charge on any atom is -0.450 e. The summed E-state index contributed by atoms with van der Waals surface area (Å²) < 4.78 is 13.4. The van der Waals surface area contributed by atoms with Crippen LogP contribution in [0.15, 0.2) is 30.6 Å². The van der Waals surface area contributed by atoms with Gasteiger partial charge < -0.3 is 9.47 Å². The van der Waals surface area contributed by atoms with E-state index >= 15 is 0 Å². The number of nitriles is 2. The van der Waals surface area contributed by atoms with E-state index in [1.165, 1.54) is 6.07 Å². The quantitative estimate of drug-likeness (QED) is 0.647. The fourth-order valence-corrected chi connectivity index (χ4v) is 2.56. The van der Waals surface area contributed by atoms with Gasteiger partial charge in [-0.25, -0.2) is 14.6 Å². The highest BCUT2D eigenvalue weighted by Gasteiger charge is 2.21. The number of benzene rings is 1. The summed E-state index contributed by atoms with van der Waals surface area (Å²) in [6.07, 6.45) is 4.84. The van der Waals surface area contributed by atoms with Crippen LogP contribution >= 0.6 is 0 Å². The number of hydrogen-bond donors (Lipinski definition) is 0. The van der Waals surface area contributed by atoms with E-state index in [4.69, 9.17) is 9.47 Å². The van der Waals surface area contributed by atoms with Crippen molar-refractivity contribution < 1.29 is 9.47 Å². The maximum absolute atomic E-state index is 9.17. The second-order valence-electron chi connectivity index (χ2n) is 5.96. The second-order valence-corrected chi connectivity index (χ2v) is 5.96. The lowest BCUT2D eigenvalue weighted by atomic mass is 10.1. The van der Waals surface area contributed by atoms with Crippen molar-refractivity contribution in [2.45, 2.75) is 26.7 Å². The number of nitrogens with zero attached hydrogens (tertiary/aromatic N) is 6. The lowest BCUT2D eigenvalue weighted by Crippen LogP contribution is -1.99. The molecular formula is C20H18N6O2. The average molecular weight is 374 g/mol. The van der Waals surface area contributed by atoms with Crippen LogP contribution in [0.4, 0.5) is 0 Å². The third-order valence-corrected chi connectivity index (χ3v) is 4.02. The highest BCUT2D eigenvalue weighted by atomic mass is 16.5. The van der Waals surface area contributed by atoms with E-state index in [9.17, 15) is 10.5 Å². The van der Waals surface area contributed by atoms with E-state index in [0.29, 0.717) is 40.6 Å². The van der Waals surface area contributed by atoms with Gasteiger partial charge in [-0.1, -0.05) is 13.8 Å². The van der Waals surface area contributed by atoms with Gasteiger partial charge in [-0.05, 0) is 36.6 Å². The molecule has 1 aromatic carbocycles. The van der Waals surface area contributed by atoms with Crippen LogP contribution in [0.2, 0.25) is 0 Å². The van der Waals surface area contributed by atoms with E-state index in [-0.39, 0.29) is 6.01 Å². The summed E-state index contributed by atoms with van der Waals surface area (Å²) in [4.78, 5) is 8.42. The smallest absolute Gasteiger partial charge is 0.323 e. The minimum absolute atomic E-state index is 0.177. The first-order valence-corrected chi connectivity index (χ1v) is 8.75. The van der Waals surface area contributed by atoms with Gasteiger partial charge in [0.05, 0.1) is 23.3 Å². The molecule has 28 heavy (non-hydrogen) atoms. The van der Waals surface area contributed by atoms with E-state index in [1.807, 2.05) is 26.0 Å². The summed E-state index contributed by atoms with van der Waals surface area (Å²) >= 11 is 0. The van der Waals surface area contributed by atoms with E-state index < -0.39 is 0 Å². The molecule has 0 bridgehead atoms. The van der Waals surface area contributed by atoms with Crippen LogP contribution in [0.5, 0.6) is 23.4 Å². The van der Waals surface area contributed by atoms with Gasteiger partial charge in [0.15, 0.2) is 0 Å². The molecule has 0 aliphatic rings. The van der Waals surface area contributed by atoms with Crippen LogP contribution < -0.4 is 9.47 Å². The highest BCUT2D eigenvalue weighted by molar-refractivity contribution is 5.49. The molecule has 0 saturated carbocycles. The third-order valence-electron chi connectivity index (χ3n) is 4.02. The minimum atomic E-state index is 0.177. The number of rotatable bonds is 6. The van der Waals surface area contributed by atoms with Crippen molar-refractivity contribution in [1.82, 2.24) is 19.7 Å². The summed E-state index contributed by atoms with van der Waals surface area (Å²) in [5.41, 5.74) is 2.33. The fourth-order valence-electron chi connectivity index (χ4n) is 2.56. The van der Waals surface area contributed by atoms with Crippen LogP contribution in [0.25, 0.3) is 0 Å². The largest absolute Gasteiger partial charge is 0.450 e. The van der Waals surface area contributed by atoms with Crippen molar-refractivity contribution in [3.8, 4) is 35.5 Å². The highest BCUT2D eigenvalue weighted by Crippen LogP contribution is 2.37. The van der Waals surface area contributed by atoms with Crippen LogP contribution in [-0.4, -0.2) is 19.7 Å². The number of hydrogen-bond acceptors (Lipinski definition) is 7. The first kappa shape index (κ1) is 18.9.